The molecular weight excluding hydrogens is 436 g/mol. The van der Waals surface area contributed by atoms with E-state index in [4.69, 9.17) is 4.74 Å². The Labute approximate surface area is 199 Å². The van der Waals surface area contributed by atoms with Crippen molar-refractivity contribution >= 4 is 28.9 Å². The normalized spacial score (nSPS) is 13.4. The molecule has 0 spiro atoms. The number of carbonyl (C=O) groups excluding carboxylic acids is 2. The van der Waals surface area contributed by atoms with E-state index in [1.807, 2.05) is 13.0 Å². The molecule has 0 aromatic heterocycles. The van der Waals surface area contributed by atoms with Crippen LogP contribution in [0.3, 0.4) is 0 Å². The van der Waals surface area contributed by atoms with Crippen LogP contribution in [0, 0.1) is 17.0 Å². The van der Waals surface area contributed by atoms with Gasteiger partial charge in [-0.15, -0.1) is 0 Å². The maximum atomic E-state index is 13.0. The molecule has 0 radical (unpaired) electrons. The number of nitrogens with zero attached hydrogens (tertiary/aromatic N) is 2. The molecule has 0 bridgehead atoms. The first kappa shape index (κ1) is 25.2. The van der Waals surface area contributed by atoms with Crippen LogP contribution < -0.4 is 15.5 Å². The number of carbonyl (C=O) groups is 2. The van der Waals surface area contributed by atoms with Gasteiger partial charge in [0.25, 0.3) is 17.5 Å². The summed E-state index contributed by atoms with van der Waals surface area (Å²) < 4.78 is 5.33. The first-order chi connectivity index (χ1) is 16.4. The van der Waals surface area contributed by atoms with Gasteiger partial charge in [0.1, 0.15) is 0 Å². The molecule has 1 saturated heterocycles. The molecular formula is C25H32N4O5. The van der Waals surface area contributed by atoms with Crippen molar-refractivity contribution in [3.63, 3.8) is 0 Å². The molecule has 1 aliphatic rings. The Kier molecular flexibility index (Phi) is 8.98. The van der Waals surface area contributed by atoms with Crippen molar-refractivity contribution in [2.75, 3.05) is 43.1 Å². The molecule has 2 aromatic rings. The second kappa shape index (κ2) is 12.1. The molecule has 1 fully saturated rings. The van der Waals surface area contributed by atoms with Gasteiger partial charge in [0.05, 0.1) is 10.5 Å². The van der Waals surface area contributed by atoms with E-state index in [0.29, 0.717) is 43.0 Å². The van der Waals surface area contributed by atoms with Gasteiger partial charge in [-0.3, -0.25) is 19.7 Å². The van der Waals surface area contributed by atoms with Crippen LogP contribution in [0.4, 0.5) is 17.1 Å². The number of ether oxygens (including phenoxy) is 1. The number of piperidine rings is 1. The molecule has 0 atom stereocenters. The molecule has 0 aliphatic carbocycles. The smallest absolute Gasteiger partial charge is 0.273 e. The van der Waals surface area contributed by atoms with Crippen LogP contribution in [-0.4, -0.2) is 49.6 Å². The number of benzene rings is 2. The van der Waals surface area contributed by atoms with Crippen LogP contribution in [0.5, 0.6) is 0 Å². The Morgan fingerprint density at radius 2 is 1.85 bits per heavy atom. The summed E-state index contributed by atoms with van der Waals surface area (Å²) in [6.07, 6.45) is 4.02. The molecule has 0 unspecified atom stereocenters. The summed E-state index contributed by atoms with van der Waals surface area (Å²) in [5.74, 6) is -0.684. The van der Waals surface area contributed by atoms with Crippen LogP contribution >= 0.6 is 0 Å². The summed E-state index contributed by atoms with van der Waals surface area (Å²) in [4.78, 5) is 38.7. The van der Waals surface area contributed by atoms with Crippen LogP contribution in [0.15, 0.2) is 36.4 Å². The Morgan fingerprint density at radius 3 is 2.56 bits per heavy atom. The summed E-state index contributed by atoms with van der Waals surface area (Å²) in [7, 11) is 0. The van der Waals surface area contributed by atoms with Gasteiger partial charge >= 0.3 is 0 Å². The van der Waals surface area contributed by atoms with Crippen molar-refractivity contribution in [2.45, 2.75) is 39.5 Å². The van der Waals surface area contributed by atoms with Crippen molar-refractivity contribution in [3.05, 3.63) is 63.2 Å². The molecule has 182 valence electrons. The third-order valence-electron chi connectivity index (χ3n) is 5.82. The molecule has 3 rings (SSSR count). The standard InChI is InChI=1S/C25H32N4O5/c1-3-34-15-7-12-26-25(31)21-17-20(10-11-22(21)28-13-5-4-6-14-28)27-24(30)19-9-8-18(2)23(16-19)29(32)33/h8-11,16-17H,3-7,12-15H2,1-2H3,(H,26,31)(H,27,30). The second-order valence-electron chi connectivity index (χ2n) is 8.30. The van der Waals surface area contributed by atoms with Gasteiger partial charge in [-0.2, -0.15) is 0 Å². The fourth-order valence-corrected chi connectivity index (χ4v) is 3.97. The van der Waals surface area contributed by atoms with E-state index in [0.717, 1.165) is 31.6 Å². The molecule has 1 heterocycles. The topological polar surface area (TPSA) is 114 Å². The van der Waals surface area contributed by atoms with Gasteiger partial charge in [0.2, 0.25) is 0 Å². The summed E-state index contributed by atoms with van der Waals surface area (Å²) in [5.41, 5.74) is 2.33. The Balaban J connectivity index is 1.80. The first-order valence-corrected chi connectivity index (χ1v) is 11.7. The highest BCUT2D eigenvalue weighted by molar-refractivity contribution is 6.06. The lowest BCUT2D eigenvalue weighted by Gasteiger charge is -2.30. The van der Waals surface area contributed by atoms with E-state index in [2.05, 4.69) is 15.5 Å². The van der Waals surface area contributed by atoms with E-state index in [9.17, 15) is 19.7 Å². The van der Waals surface area contributed by atoms with Crippen LogP contribution in [0.2, 0.25) is 0 Å². The maximum absolute atomic E-state index is 13.0. The zero-order valence-electron chi connectivity index (χ0n) is 19.8. The van der Waals surface area contributed by atoms with Gasteiger partial charge in [0, 0.05) is 61.4 Å². The minimum atomic E-state index is -0.506. The van der Waals surface area contributed by atoms with Gasteiger partial charge in [-0.1, -0.05) is 6.07 Å². The highest BCUT2D eigenvalue weighted by atomic mass is 16.6. The monoisotopic (exact) mass is 468 g/mol. The van der Waals surface area contributed by atoms with E-state index < -0.39 is 10.8 Å². The molecule has 2 aromatic carbocycles. The fourth-order valence-electron chi connectivity index (χ4n) is 3.97. The van der Waals surface area contributed by atoms with Crippen molar-refractivity contribution in [2.24, 2.45) is 0 Å². The predicted octanol–water partition coefficient (Wildman–Crippen LogP) is 4.30. The average Bonchev–Trinajstić information content (AvgIpc) is 2.84. The summed E-state index contributed by atoms with van der Waals surface area (Å²) in [6, 6.07) is 9.64. The number of amides is 2. The molecule has 34 heavy (non-hydrogen) atoms. The third-order valence-corrected chi connectivity index (χ3v) is 5.82. The molecule has 1 aliphatic heterocycles. The van der Waals surface area contributed by atoms with Gasteiger partial charge < -0.3 is 20.3 Å². The zero-order chi connectivity index (χ0) is 24.5. The number of hydrogen-bond acceptors (Lipinski definition) is 6. The van der Waals surface area contributed by atoms with Crippen molar-refractivity contribution in [1.29, 1.82) is 0 Å². The minimum absolute atomic E-state index is 0.111. The maximum Gasteiger partial charge on any atom is 0.273 e. The van der Waals surface area contributed by atoms with Crippen LogP contribution in [0.1, 0.15) is 58.9 Å². The van der Waals surface area contributed by atoms with Crippen LogP contribution in [-0.2, 0) is 4.74 Å². The molecule has 9 heteroatoms. The Morgan fingerprint density at radius 1 is 1.09 bits per heavy atom. The quantitative estimate of drug-likeness (QED) is 0.305. The van der Waals surface area contributed by atoms with Crippen molar-refractivity contribution < 1.29 is 19.2 Å². The second-order valence-corrected chi connectivity index (χ2v) is 8.30. The van der Waals surface area contributed by atoms with E-state index in [-0.39, 0.29) is 17.2 Å². The third kappa shape index (κ3) is 6.54. The number of hydrogen-bond donors (Lipinski definition) is 2. The van der Waals surface area contributed by atoms with Gasteiger partial charge in [-0.25, -0.2) is 0 Å². The largest absolute Gasteiger partial charge is 0.382 e. The fraction of sp³-hybridized carbons (Fsp3) is 0.440. The number of rotatable bonds is 10. The molecule has 2 amide bonds. The Bertz CT molecular complexity index is 1030. The molecule has 9 nitrogen and oxygen atoms in total. The minimum Gasteiger partial charge on any atom is -0.382 e. The first-order valence-electron chi connectivity index (χ1n) is 11.7. The van der Waals surface area contributed by atoms with Gasteiger partial charge in [0.15, 0.2) is 0 Å². The van der Waals surface area contributed by atoms with Crippen molar-refractivity contribution in [3.8, 4) is 0 Å². The predicted molar refractivity (Wildman–Crippen MR) is 132 cm³/mol. The van der Waals surface area contributed by atoms with Crippen LogP contribution in [0.25, 0.3) is 0 Å². The summed E-state index contributed by atoms with van der Waals surface area (Å²) in [6.45, 7) is 7.01. The highest BCUT2D eigenvalue weighted by Crippen LogP contribution is 2.28. The molecule has 0 saturated carbocycles. The lowest BCUT2D eigenvalue weighted by atomic mass is 10.1. The summed E-state index contributed by atoms with van der Waals surface area (Å²) >= 11 is 0. The van der Waals surface area contributed by atoms with Crippen molar-refractivity contribution in [1.82, 2.24) is 5.32 Å². The number of nitro groups is 1. The van der Waals surface area contributed by atoms with E-state index >= 15 is 0 Å². The number of anilines is 2. The lowest BCUT2D eigenvalue weighted by molar-refractivity contribution is -0.385. The van der Waals surface area contributed by atoms with E-state index in [1.165, 1.54) is 12.5 Å². The summed E-state index contributed by atoms with van der Waals surface area (Å²) in [5, 5.41) is 16.9. The number of nitrogens with one attached hydrogen (secondary N) is 2. The Hall–Kier alpha value is -3.46. The molecule has 2 N–H and O–H groups in total. The van der Waals surface area contributed by atoms with E-state index in [1.54, 1.807) is 31.2 Å². The number of aryl methyl sites for hydroxylation is 1. The lowest BCUT2D eigenvalue weighted by Crippen LogP contribution is -2.33. The highest BCUT2D eigenvalue weighted by Gasteiger charge is 2.20. The zero-order valence-corrected chi connectivity index (χ0v) is 19.8. The average molecular weight is 469 g/mol. The van der Waals surface area contributed by atoms with Gasteiger partial charge in [-0.05, 0) is 63.8 Å². The number of nitro benzene ring substituents is 1. The SMILES string of the molecule is CCOCCCNC(=O)c1cc(NC(=O)c2ccc(C)c([N+](=O)[O-])c2)ccc1N1CCCCC1.